The first-order valence-corrected chi connectivity index (χ1v) is 9.55. The van der Waals surface area contributed by atoms with Gasteiger partial charge < -0.3 is 19.7 Å². The van der Waals surface area contributed by atoms with E-state index in [4.69, 9.17) is 9.47 Å². The van der Waals surface area contributed by atoms with Crippen molar-refractivity contribution in [3.8, 4) is 11.5 Å². The molecule has 2 aromatic carbocycles. The predicted octanol–water partition coefficient (Wildman–Crippen LogP) is 3.65. The number of carbonyl (C=O) groups is 2. The fourth-order valence-corrected chi connectivity index (χ4v) is 3.05. The van der Waals surface area contributed by atoms with Crippen molar-refractivity contribution in [2.45, 2.75) is 27.2 Å². The molecule has 0 saturated heterocycles. The lowest BCUT2D eigenvalue weighted by Crippen LogP contribution is -2.41. The summed E-state index contributed by atoms with van der Waals surface area (Å²) in [5.74, 6) is 1.29. The Bertz CT molecular complexity index is 863. The lowest BCUT2D eigenvalue weighted by atomic mass is 10.1. The van der Waals surface area contributed by atoms with Crippen molar-refractivity contribution in [3.63, 3.8) is 0 Å². The van der Waals surface area contributed by atoms with Crippen LogP contribution in [-0.2, 0) is 16.0 Å². The summed E-state index contributed by atoms with van der Waals surface area (Å²) < 4.78 is 11.1. The molecule has 1 aliphatic heterocycles. The first-order valence-electron chi connectivity index (χ1n) is 9.55. The molecule has 1 N–H and O–H groups in total. The molecule has 0 saturated carbocycles. The average molecular weight is 382 g/mol. The number of amides is 2. The molecule has 0 unspecified atom stereocenters. The number of anilines is 2. The third-order valence-corrected chi connectivity index (χ3v) is 4.41. The summed E-state index contributed by atoms with van der Waals surface area (Å²) in [6, 6.07) is 13.0. The Morgan fingerprint density at radius 1 is 1.25 bits per heavy atom. The summed E-state index contributed by atoms with van der Waals surface area (Å²) in [5.41, 5.74) is 2.43. The quantitative estimate of drug-likeness (QED) is 0.794. The van der Waals surface area contributed by atoms with E-state index in [1.165, 1.54) is 0 Å². The molecular formula is C22H26N2O4. The first-order chi connectivity index (χ1) is 13.5. The van der Waals surface area contributed by atoms with Crippen LogP contribution >= 0.6 is 0 Å². The van der Waals surface area contributed by atoms with Crippen LogP contribution in [0.15, 0.2) is 42.5 Å². The van der Waals surface area contributed by atoms with E-state index in [0.717, 1.165) is 12.0 Å². The normalized spacial score (nSPS) is 13.1. The number of ether oxygens (including phenoxy) is 2. The van der Waals surface area contributed by atoms with Crippen molar-refractivity contribution in [1.82, 2.24) is 0 Å². The van der Waals surface area contributed by atoms with Crippen LogP contribution in [0.25, 0.3) is 0 Å². The third kappa shape index (κ3) is 4.82. The number of hydrogen-bond donors (Lipinski definition) is 1. The van der Waals surface area contributed by atoms with Crippen LogP contribution in [0.3, 0.4) is 0 Å². The SMILES string of the molecule is CCc1cccc(OCC(=O)Nc2ccc3c(c2)N(CC(C)C)C(=O)CO3)c1. The highest BCUT2D eigenvalue weighted by molar-refractivity contribution is 5.99. The monoisotopic (exact) mass is 382 g/mol. The van der Waals surface area contributed by atoms with Crippen LogP contribution in [0.1, 0.15) is 26.3 Å². The second-order valence-corrected chi connectivity index (χ2v) is 7.21. The largest absolute Gasteiger partial charge is 0.484 e. The van der Waals surface area contributed by atoms with Gasteiger partial charge in [-0.3, -0.25) is 9.59 Å². The van der Waals surface area contributed by atoms with E-state index in [9.17, 15) is 9.59 Å². The highest BCUT2D eigenvalue weighted by Crippen LogP contribution is 2.35. The Kier molecular flexibility index (Phi) is 6.19. The Morgan fingerprint density at radius 2 is 2.07 bits per heavy atom. The van der Waals surface area contributed by atoms with Gasteiger partial charge in [-0.25, -0.2) is 0 Å². The molecule has 0 atom stereocenters. The van der Waals surface area contributed by atoms with Crippen molar-refractivity contribution in [2.24, 2.45) is 5.92 Å². The van der Waals surface area contributed by atoms with E-state index < -0.39 is 0 Å². The summed E-state index contributed by atoms with van der Waals surface area (Å²) in [4.78, 5) is 26.2. The zero-order valence-electron chi connectivity index (χ0n) is 16.5. The van der Waals surface area contributed by atoms with E-state index in [1.807, 2.05) is 24.3 Å². The highest BCUT2D eigenvalue weighted by Gasteiger charge is 2.26. The van der Waals surface area contributed by atoms with E-state index in [2.05, 4.69) is 26.1 Å². The number of rotatable bonds is 7. The Labute approximate surface area is 165 Å². The van der Waals surface area contributed by atoms with Crippen molar-refractivity contribution in [3.05, 3.63) is 48.0 Å². The second-order valence-electron chi connectivity index (χ2n) is 7.21. The minimum atomic E-state index is -0.264. The molecule has 3 rings (SSSR count). The fourth-order valence-electron chi connectivity index (χ4n) is 3.05. The number of benzene rings is 2. The summed E-state index contributed by atoms with van der Waals surface area (Å²) >= 11 is 0. The van der Waals surface area contributed by atoms with E-state index in [1.54, 1.807) is 23.1 Å². The molecule has 0 bridgehead atoms. The fraction of sp³-hybridized carbons (Fsp3) is 0.364. The number of nitrogens with zero attached hydrogens (tertiary/aromatic N) is 1. The Morgan fingerprint density at radius 3 is 2.82 bits per heavy atom. The summed E-state index contributed by atoms with van der Waals surface area (Å²) in [6.45, 7) is 6.73. The lowest BCUT2D eigenvalue weighted by molar-refractivity contribution is -0.121. The van der Waals surface area contributed by atoms with Crippen LogP contribution < -0.4 is 19.7 Å². The molecule has 2 amide bonds. The predicted molar refractivity (Wildman–Crippen MR) is 109 cm³/mol. The van der Waals surface area contributed by atoms with Gasteiger partial charge in [0.2, 0.25) is 0 Å². The molecule has 28 heavy (non-hydrogen) atoms. The molecule has 0 spiro atoms. The van der Waals surface area contributed by atoms with Gasteiger partial charge in [0.25, 0.3) is 11.8 Å². The highest BCUT2D eigenvalue weighted by atomic mass is 16.5. The maximum absolute atomic E-state index is 12.3. The Balaban J connectivity index is 1.66. The smallest absolute Gasteiger partial charge is 0.265 e. The van der Waals surface area contributed by atoms with Crippen molar-refractivity contribution >= 4 is 23.2 Å². The molecule has 0 aromatic heterocycles. The molecule has 0 radical (unpaired) electrons. The van der Waals surface area contributed by atoms with Gasteiger partial charge in [-0.05, 0) is 48.2 Å². The minimum absolute atomic E-state index is 0.0378. The third-order valence-electron chi connectivity index (χ3n) is 4.41. The molecule has 1 heterocycles. The van der Waals surface area contributed by atoms with Crippen molar-refractivity contribution in [1.29, 1.82) is 0 Å². The number of fused-ring (bicyclic) bond motifs is 1. The minimum Gasteiger partial charge on any atom is -0.484 e. The van der Waals surface area contributed by atoms with Gasteiger partial charge in [0.15, 0.2) is 13.2 Å². The maximum Gasteiger partial charge on any atom is 0.265 e. The van der Waals surface area contributed by atoms with E-state index in [-0.39, 0.29) is 25.0 Å². The average Bonchev–Trinajstić information content (AvgIpc) is 2.68. The van der Waals surface area contributed by atoms with Gasteiger partial charge in [-0.2, -0.15) is 0 Å². The molecular weight excluding hydrogens is 356 g/mol. The van der Waals surface area contributed by atoms with Crippen LogP contribution in [-0.4, -0.2) is 31.6 Å². The summed E-state index contributed by atoms with van der Waals surface area (Å²) in [6.07, 6.45) is 0.909. The number of aryl methyl sites for hydroxylation is 1. The van der Waals surface area contributed by atoms with Gasteiger partial charge >= 0.3 is 0 Å². The van der Waals surface area contributed by atoms with Crippen LogP contribution in [0.5, 0.6) is 11.5 Å². The van der Waals surface area contributed by atoms with Crippen LogP contribution in [0, 0.1) is 5.92 Å². The van der Waals surface area contributed by atoms with Gasteiger partial charge in [-0.1, -0.05) is 32.9 Å². The molecule has 6 heteroatoms. The topological polar surface area (TPSA) is 67.9 Å². The molecule has 1 aliphatic rings. The molecule has 0 aliphatic carbocycles. The lowest BCUT2D eigenvalue weighted by Gasteiger charge is -2.31. The molecule has 0 fully saturated rings. The number of nitrogens with one attached hydrogen (secondary N) is 1. The zero-order chi connectivity index (χ0) is 20.1. The molecule has 6 nitrogen and oxygen atoms in total. The van der Waals surface area contributed by atoms with Gasteiger partial charge in [0, 0.05) is 12.2 Å². The van der Waals surface area contributed by atoms with E-state index in [0.29, 0.717) is 35.3 Å². The second kappa shape index (κ2) is 8.78. The molecule has 2 aromatic rings. The number of carbonyl (C=O) groups excluding carboxylic acids is 2. The summed E-state index contributed by atoms with van der Waals surface area (Å²) in [5, 5.41) is 2.82. The van der Waals surface area contributed by atoms with Gasteiger partial charge in [0.1, 0.15) is 11.5 Å². The zero-order valence-corrected chi connectivity index (χ0v) is 16.5. The van der Waals surface area contributed by atoms with E-state index >= 15 is 0 Å². The number of hydrogen-bond acceptors (Lipinski definition) is 4. The summed E-state index contributed by atoms with van der Waals surface area (Å²) in [7, 11) is 0. The van der Waals surface area contributed by atoms with Crippen LogP contribution in [0.2, 0.25) is 0 Å². The Hall–Kier alpha value is -3.02. The first kappa shape index (κ1) is 19.7. The van der Waals surface area contributed by atoms with Gasteiger partial charge in [0.05, 0.1) is 5.69 Å². The standard InChI is InChI=1S/C22H26N2O4/c1-4-16-6-5-7-18(10-16)27-13-21(25)23-17-8-9-20-19(11-17)24(12-15(2)3)22(26)14-28-20/h5-11,15H,4,12-14H2,1-3H3,(H,23,25). The maximum atomic E-state index is 12.3. The van der Waals surface area contributed by atoms with Gasteiger partial charge in [-0.15, -0.1) is 0 Å². The van der Waals surface area contributed by atoms with Crippen LogP contribution in [0.4, 0.5) is 11.4 Å². The van der Waals surface area contributed by atoms with Crippen molar-refractivity contribution < 1.29 is 19.1 Å². The van der Waals surface area contributed by atoms with Crippen molar-refractivity contribution in [2.75, 3.05) is 30.0 Å². The molecule has 148 valence electrons.